The molecular weight excluding hydrogens is 299 g/mol. The molecule has 0 aliphatic carbocycles. The van der Waals surface area contributed by atoms with E-state index in [0.717, 1.165) is 0 Å². The molecule has 2 aromatic rings. The molecule has 118 valence electrons. The summed E-state index contributed by atoms with van der Waals surface area (Å²) in [7, 11) is 1.51. The number of ether oxygens (including phenoxy) is 1. The zero-order valence-corrected chi connectivity index (χ0v) is 12.7. The Labute approximate surface area is 132 Å². The van der Waals surface area contributed by atoms with E-state index in [1.165, 1.54) is 36.0 Å². The molecule has 0 amide bonds. The number of nitrogens with one attached hydrogen (secondary N) is 1. The average molecular weight is 314 g/mol. The topological polar surface area (TPSA) is 60.3 Å². The van der Waals surface area contributed by atoms with E-state index in [2.05, 4.69) is 11.2 Å². The third-order valence-electron chi connectivity index (χ3n) is 3.13. The zero-order chi connectivity index (χ0) is 17.0. The standard InChI is InChI=1S/C17H15FN2O3/c1-4-11-6-7-14(13(18)8-11)19-15-9-16(21)20(3)10-12(15)17(22)23-5-2/h1,6-10,19H,5H2,2-3H3. The highest BCUT2D eigenvalue weighted by Crippen LogP contribution is 2.23. The normalized spacial score (nSPS) is 10.0. The van der Waals surface area contributed by atoms with Crippen molar-refractivity contribution in [3.63, 3.8) is 0 Å². The highest BCUT2D eigenvalue weighted by atomic mass is 19.1. The number of terminal acetylenes is 1. The molecule has 1 N–H and O–H groups in total. The van der Waals surface area contributed by atoms with Crippen LogP contribution in [0.1, 0.15) is 22.8 Å². The third kappa shape index (κ3) is 3.58. The van der Waals surface area contributed by atoms with Crippen LogP contribution < -0.4 is 10.9 Å². The summed E-state index contributed by atoms with van der Waals surface area (Å²) in [6.07, 6.45) is 6.56. The maximum Gasteiger partial charge on any atom is 0.341 e. The van der Waals surface area contributed by atoms with Crippen molar-refractivity contribution in [3.05, 3.63) is 57.8 Å². The van der Waals surface area contributed by atoms with Crippen molar-refractivity contribution >= 4 is 17.3 Å². The number of aryl methyl sites for hydroxylation is 1. The molecule has 1 aromatic carbocycles. The number of halogens is 1. The summed E-state index contributed by atoms with van der Waals surface area (Å²) in [5.41, 5.74) is 0.444. The molecule has 1 heterocycles. The van der Waals surface area contributed by atoms with Gasteiger partial charge in [0.2, 0.25) is 0 Å². The van der Waals surface area contributed by atoms with Gasteiger partial charge in [0.25, 0.3) is 5.56 Å². The molecule has 0 aliphatic heterocycles. The summed E-state index contributed by atoms with van der Waals surface area (Å²) in [6.45, 7) is 1.86. The lowest BCUT2D eigenvalue weighted by atomic mass is 10.1. The Hall–Kier alpha value is -3.07. The molecule has 5 nitrogen and oxygen atoms in total. The van der Waals surface area contributed by atoms with Crippen molar-refractivity contribution in [2.75, 3.05) is 11.9 Å². The number of carbonyl (C=O) groups excluding carboxylic acids is 1. The van der Waals surface area contributed by atoms with Gasteiger partial charge in [-0.2, -0.15) is 0 Å². The van der Waals surface area contributed by atoms with Crippen molar-refractivity contribution in [3.8, 4) is 12.3 Å². The zero-order valence-electron chi connectivity index (χ0n) is 12.7. The van der Waals surface area contributed by atoms with Crippen LogP contribution in [0, 0.1) is 18.2 Å². The van der Waals surface area contributed by atoms with Gasteiger partial charge in [0.15, 0.2) is 0 Å². The van der Waals surface area contributed by atoms with Gasteiger partial charge in [-0.1, -0.05) is 5.92 Å². The van der Waals surface area contributed by atoms with Crippen molar-refractivity contribution < 1.29 is 13.9 Å². The molecule has 0 unspecified atom stereocenters. The van der Waals surface area contributed by atoms with Crippen molar-refractivity contribution in [1.29, 1.82) is 0 Å². The second-order valence-electron chi connectivity index (χ2n) is 4.73. The Morgan fingerprint density at radius 2 is 2.13 bits per heavy atom. The predicted molar refractivity (Wildman–Crippen MR) is 85.3 cm³/mol. The number of anilines is 2. The summed E-state index contributed by atoms with van der Waals surface area (Å²) >= 11 is 0. The van der Waals surface area contributed by atoms with E-state index in [-0.39, 0.29) is 29.1 Å². The molecule has 0 bridgehead atoms. The van der Waals surface area contributed by atoms with Crippen LogP contribution in [0.4, 0.5) is 15.8 Å². The van der Waals surface area contributed by atoms with Gasteiger partial charge < -0.3 is 14.6 Å². The van der Waals surface area contributed by atoms with Gasteiger partial charge in [0, 0.05) is 24.9 Å². The van der Waals surface area contributed by atoms with Crippen LogP contribution in [-0.2, 0) is 11.8 Å². The van der Waals surface area contributed by atoms with Gasteiger partial charge >= 0.3 is 5.97 Å². The van der Waals surface area contributed by atoms with Crippen molar-refractivity contribution in [1.82, 2.24) is 4.57 Å². The van der Waals surface area contributed by atoms with Gasteiger partial charge in [-0.3, -0.25) is 4.79 Å². The Morgan fingerprint density at radius 3 is 2.74 bits per heavy atom. The molecule has 6 heteroatoms. The molecule has 0 atom stereocenters. The van der Waals surface area contributed by atoms with E-state index in [4.69, 9.17) is 11.2 Å². The van der Waals surface area contributed by atoms with Crippen LogP contribution >= 0.6 is 0 Å². The molecule has 1 aromatic heterocycles. The fourth-order valence-electron chi connectivity index (χ4n) is 1.96. The molecule has 0 fully saturated rings. The predicted octanol–water partition coefficient (Wildman–Crippen LogP) is 2.43. The fraction of sp³-hybridized carbons (Fsp3) is 0.176. The highest BCUT2D eigenvalue weighted by Gasteiger charge is 2.16. The molecule has 2 rings (SSSR count). The monoisotopic (exact) mass is 314 g/mol. The minimum absolute atomic E-state index is 0.0998. The number of esters is 1. The number of pyridine rings is 1. The highest BCUT2D eigenvalue weighted by molar-refractivity contribution is 5.96. The Balaban J connectivity index is 2.47. The number of rotatable bonds is 4. The lowest BCUT2D eigenvalue weighted by Gasteiger charge is -2.13. The Bertz CT molecular complexity index is 850. The molecule has 0 saturated heterocycles. The number of nitrogens with zero attached hydrogens (tertiary/aromatic N) is 1. The van der Waals surface area contributed by atoms with Crippen LogP contribution in [0.5, 0.6) is 0 Å². The number of hydrogen-bond acceptors (Lipinski definition) is 4. The van der Waals surface area contributed by atoms with E-state index in [1.807, 2.05) is 0 Å². The quantitative estimate of drug-likeness (QED) is 0.695. The number of carbonyl (C=O) groups is 1. The van der Waals surface area contributed by atoms with Crippen molar-refractivity contribution in [2.24, 2.45) is 7.05 Å². The summed E-state index contributed by atoms with van der Waals surface area (Å²) in [5, 5.41) is 2.74. The first-order valence-electron chi connectivity index (χ1n) is 6.87. The van der Waals surface area contributed by atoms with Gasteiger partial charge in [-0.05, 0) is 25.1 Å². The maximum absolute atomic E-state index is 14.0. The van der Waals surface area contributed by atoms with E-state index in [9.17, 15) is 14.0 Å². The van der Waals surface area contributed by atoms with Crippen LogP contribution in [0.2, 0.25) is 0 Å². The minimum Gasteiger partial charge on any atom is -0.462 e. The summed E-state index contributed by atoms with van der Waals surface area (Å²) in [4.78, 5) is 23.8. The molecule has 0 saturated carbocycles. The molecular formula is C17H15FN2O3. The number of aromatic nitrogens is 1. The van der Waals surface area contributed by atoms with Crippen molar-refractivity contribution in [2.45, 2.75) is 6.92 Å². The fourth-order valence-corrected chi connectivity index (χ4v) is 1.96. The van der Waals surface area contributed by atoms with Crippen LogP contribution in [0.3, 0.4) is 0 Å². The maximum atomic E-state index is 14.0. The van der Waals surface area contributed by atoms with E-state index < -0.39 is 11.8 Å². The molecule has 0 aliphatic rings. The van der Waals surface area contributed by atoms with Crippen LogP contribution in [0.15, 0.2) is 35.3 Å². The third-order valence-corrected chi connectivity index (χ3v) is 3.13. The van der Waals surface area contributed by atoms with Gasteiger partial charge in [0.1, 0.15) is 5.82 Å². The van der Waals surface area contributed by atoms with Gasteiger partial charge in [-0.15, -0.1) is 6.42 Å². The second kappa shape index (κ2) is 6.79. The first-order chi connectivity index (χ1) is 11.0. The largest absolute Gasteiger partial charge is 0.462 e. The summed E-state index contributed by atoms with van der Waals surface area (Å²) in [6, 6.07) is 5.39. The first-order valence-corrected chi connectivity index (χ1v) is 6.87. The molecule has 0 spiro atoms. The summed E-state index contributed by atoms with van der Waals surface area (Å²) < 4.78 is 20.2. The minimum atomic E-state index is -0.605. The van der Waals surface area contributed by atoms with E-state index in [0.29, 0.717) is 5.56 Å². The summed E-state index contributed by atoms with van der Waals surface area (Å²) in [5.74, 6) is 1.13. The molecule has 23 heavy (non-hydrogen) atoms. The number of benzene rings is 1. The average Bonchev–Trinajstić information content (AvgIpc) is 2.52. The molecule has 0 radical (unpaired) electrons. The van der Waals surface area contributed by atoms with E-state index in [1.54, 1.807) is 13.0 Å². The Kier molecular flexibility index (Phi) is 4.82. The SMILES string of the molecule is C#Cc1ccc(Nc2cc(=O)n(C)cc2C(=O)OCC)c(F)c1. The van der Waals surface area contributed by atoms with E-state index >= 15 is 0 Å². The second-order valence-corrected chi connectivity index (χ2v) is 4.73. The van der Waals surface area contributed by atoms with Crippen LogP contribution in [-0.4, -0.2) is 17.1 Å². The lowest BCUT2D eigenvalue weighted by molar-refractivity contribution is 0.0526. The van der Waals surface area contributed by atoms with Gasteiger partial charge in [-0.25, -0.2) is 9.18 Å². The van der Waals surface area contributed by atoms with Gasteiger partial charge in [0.05, 0.1) is 23.5 Å². The number of hydrogen-bond donors (Lipinski definition) is 1. The smallest absolute Gasteiger partial charge is 0.341 e. The Morgan fingerprint density at radius 1 is 1.39 bits per heavy atom. The lowest BCUT2D eigenvalue weighted by Crippen LogP contribution is -2.20. The van der Waals surface area contributed by atoms with Crippen LogP contribution in [0.25, 0.3) is 0 Å². The first kappa shape index (κ1) is 16.3.